The maximum Gasteiger partial charge on any atom is 0.413 e. The molecule has 24 heavy (non-hydrogen) atoms. The average molecular weight is 335 g/mol. The highest BCUT2D eigenvalue weighted by molar-refractivity contribution is 5.82. The molecule has 0 spiro atoms. The quantitative estimate of drug-likeness (QED) is 0.860. The minimum atomic E-state index is -1.43. The molecule has 1 aromatic carbocycles. The standard InChI is InChI=1S/C18H25NO5/c1-17(2,3)24-16(21)19-14(10-11-18(19,4)22)15(20)23-12-13-8-6-5-7-9-13/h5-9,14,22H,10-12H2,1-4H3/t14-,18?/m0/s1. The monoisotopic (exact) mass is 335 g/mol. The molecule has 2 rings (SSSR count). The predicted octanol–water partition coefficient (Wildman–Crippen LogP) is 2.84. The summed E-state index contributed by atoms with van der Waals surface area (Å²) in [7, 11) is 0. The second-order valence-corrected chi connectivity index (χ2v) is 7.22. The molecule has 0 bridgehead atoms. The Balaban J connectivity index is 2.06. The summed E-state index contributed by atoms with van der Waals surface area (Å²) >= 11 is 0. The first-order valence-electron chi connectivity index (χ1n) is 8.05. The Labute approximate surface area is 142 Å². The van der Waals surface area contributed by atoms with E-state index in [-0.39, 0.29) is 13.0 Å². The van der Waals surface area contributed by atoms with Crippen LogP contribution in [0.15, 0.2) is 30.3 Å². The zero-order chi connectivity index (χ0) is 18.0. The summed E-state index contributed by atoms with van der Waals surface area (Å²) < 4.78 is 10.6. The molecule has 0 saturated carbocycles. The second-order valence-electron chi connectivity index (χ2n) is 7.22. The summed E-state index contributed by atoms with van der Waals surface area (Å²) in [6, 6.07) is 8.45. The molecule has 1 unspecified atom stereocenters. The van der Waals surface area contributed by atoms with Gasteiger partial charge in [0.25, 0.3) is 0 Å². The normalized spacial score (nSPS) is 23.9. The van der Waals surface area contributed by atoms with Gasteiger partial charge in [-0.15, -0.1) is 0 Å². The molecule has 6 nitrogen and oxygen atoms in total. The van der Waals surface area contributed by atoms with E-state index < -0.39 is 29.4 Å². The number of aliphatic hydroxyl groups is 1. The topological polar surface area (TPSA) is 76.1 Å². The largest absolute Gasteiger partial charge is 0.459 e. The number of carbonyl (C=O) groups is 2. The van der Waals surface area contributed by atoms with Gasteiger partial charge in [0.15, 0.2) is 0 Å². The van der Waals surface area contributed by atoms with E-state index in [9.17, 15) is 14.7 Å². The number of hydrogen-bond donors (Lipinski definition) is 1. The molecular formula is C18H25NO5. The molecule has 1 saturated heterocycles. The molecule has 0 aromatic heterocycles. The number of nitrogens with zero attached hydrogens (tertiary/aromatic N) is 1. The maximum absolute atomic E-state index is 12.4. The minimum absolute atomic E-state index is 0.125. The second kappa shape index (κ2) is 6.81. The van der Waals surface area contributed by atoms with E-state index in [4.69, 9.17) is 9.47 Å². The smallest absolute Gasteiger partial charge is 0.413 e. The van der Waals surface area contributed by atoms with Gasteiger partial charge >= 0.3 is 12.1 Å². The van der Waals surface area contributed by atoms with Gasteiger partial charge in [0.1, 0.15) is 24.0 Å². The molecule has 1 amide bonds. The number of rotatable bonds is 3. The van der Waals surface area contributed by atoms with Gasteiger partial charge in [0, 0.05) is 0 Å². The zero-order valence-corrected chi connectivity index (χ0v) is 14.6. The van der Waals surface area contributed by atoms with Crippen LogP contribution in [0.5, 0.6) is 0 Å². The third kappa shape index (κ3) is 4.47. The molecule has 1 N–H and O–H groups in total. The van der Waals surface area contributed by atoms with Gasteiger partial charge in [-0.25, -0.2) is 9.59 Å². The average Bonchev–Trinajstić information content (AvgIpc) is 2.79. The summed E-state index contributed by atoms with van der Waals surface area (Å²) in [6.45, 7) is 6.83. The van der Waals surface area contributed by atoms with Crippen LogP contribution in [-0.2, 0) is 20.9 Å². The van der Waals surface area contributed by atoms with Crippen molar-refractivity contribution in [3.8, 4) is 0 Å². The zero-order valence-electron chi connectivity index (χ0n) is 14.6. The molecule has 2 atom stereocenters. The Hall–Kier alpha value is -2.08. The van der Waals surface area contributed by atoms with Crippen molar-refractivity contribution in [2.45, 2.75) is 64.5 Å². The van der Waals surface area contributed by atoms with Crippen molar-refractivity contribution in [3.05, 3.63) is 35.9 Å². The molecule has 1 aliphatic heterocycles. The van der Waals surface area contributed by atoms with Crippen LogP contribution in [0.4, 0.5) is 4.79 Å². The van der Waals surface area contributed by atoms with Crippen molar-refractivity contribution in [2.75, 3.05) is 0 Å². The van der Waals surface area contributed by atoms with Gasteiger partial charge in [-0.05, 0) is 46.1 Å². The minimum Gasteiger partial charge on any atom is -0.459 e. The van der Waals surface area contributed by atoms with E-state index in [1.54, 1.807) is 20.8 Å². The summed E-state index contributed by atoms with van der Waals surface area (Å²) in [4.78, 5) is 25.9. The van der Waals surface area contributed by atoms with Crippen molar-refractivity contribution < 1.29 is 24.2 Å². The number of benzene rings is 1. The first-order chi connectivity index (χ1) is 11.1. The lowest BCUT2D eigenvalue weighted by Crippen LogP contribution is -2.53. The van der Waals surface area contributed by atoms with Crippen molar-refractivity contribution in [1.82, 2.24) is 4.90 Å². The molecule has 1 fully saturated rings. The van der Waals surface area contributed by atoms with Crippen molar-refractivity contribution in [2.24, 2.45) is 0 Å². The molecular weight excluding hydrogens is 310 g/mol. The van der Waals surface area contributed by atoms with Crippen LogP contribution in [-0.4, -0.2) is 39.4 Å². The lowest BCUT2D eigenvalue weighted by molar-refractivity contribution is -0.156. The van der Waals surface area contributed by atoms with Gasteiger partial charge < -0.3 is 14.6 Å². The fourth-order valence-corrected chi connectivity index (χ4v) is 2.68. The van der Waals surface area contributed by atoms with Crippen molar-refractivity contribution in [1.29, 1.82) is 0 Å². The molecule has 1 heterocycles. The van der Waals surface area contributed by atoms with Crippen LogP contribution in [0.2, 0.25) is 0 Å². The highest BCUT2D eigenvalue weighted by Crippen LogP contribution is 2.34. The summed E-state index contributed by atoms with van der Waals surface area (Å²) in [6.07, 6.45) is -0.0938. The van der Waals surface area contributed by atoms with E-state index in [0.717, 1.165) is 10.5 Å². The number of carbonyl (C=O) groups excluding carboxylic acids is 2. The molecule has 132 valence electrons. The van der Waals surface area contributed by atoms with Gasteiger partial charge in [0.2, 0.25) is 0 Å². The fourth-order valence-electron chi connectivity index (χ4n) is 2.68. The van der Waals surface area contributed by atoms with E-state index in [1.807, 2.05) is 30.3 Å². The van der Waals surface area contributed by atoms with Crippen LogP contribution in [0.25, 0.3) is 0 Å². The molecule has 1 aliphatic rings. The van der Waals surface area contributed by atoms with Crippen LogP contribution < -0.4 is 0 Å². The Morgan fingerprint density at radius 1 is 1.29 bits per heavy atom. The summed E-state index contributed by atoms with van der Waals surface area (Å²) in [5.41, 5.74) is -1.29. The highest BCUT2D eigenvalue weighted by atomic mass is 16.6. The number of esters is 1. The van der Waals surface area contributed by atoms with Crippen LogP contribution in [0.3, 0.4) is 0 Å². The lowest BCUT2D eigenvalue weighted by atomic mass is 10.2. The van der Waals surface area contributed by atoms with E-state index in [2.05, 4.69) is 0 Å². The Morgan fingerprint density at radius 2 is 1.92 bits per heavy atom. The Bertz CT molecular complexity index is 591. The third-order valence-corrected chi connectivity index (χ3v) is 3.81. The van der Waals surface area contributed by atoms with Crippen molar-refractivity contribution >= 4 is 12.1 Å². The molecule has 0 aliphatic carbocycles. The molecule has 0 radical (unpaired) electrons. The fraction of sp³-hybridized carbons (Fsp3) is 0.556. The highest BCUT2D eigenvalue weighted by Gasteiger charge is 2.49. The maximum atomic E-state index is 12.4. The Kier molecular flexibility index (Phi) is 5.18. The first-order valence-corrected chi connectivity index (χ1v) is 8.05. The third-order valence-electron chi connectivity index (χ3n) is 3.81. The van der Waals surface area contributed by atoms with E-state index in [0.29, 0.717) is 6.42 Å². The summed E-state index contributed by atoms with van der Waals surface area (Å²) in [5, 5.41) is 10.4. The summed E-state index contributed by atoms with van der Waals surface area (Å²) in [5.74, 6) is -0.539. The van der Waals surface area contributed by atoms with Gasteiger partial charge in [-0.1, -0.05) is 30.3 Å². The lowest BCUT2D eigenvalue weighted by Gasteiger charge is -2.34. The van der Waals surface area contributed by atoms with Gasteiger partial charge in [0.05, 0.1) is 0 Å². The predicted molar refractivity (Wildman–Crippen MR) is 88.0 cm³/mol. The number of amides is 1. The number of likely N-dealkylation sites (tertiary alicyclic amines) is 1. The van der Waals surface area contributed by atoms with Crippen LogP contribution in [0.1, 0.15) is 46.1 Å². The van der Waals surface area contributed by atoms with Gasteiger partial charge in [-0.3, -0.25) is 4.90 Å². The first kappa shape index (κ1) is 18.3. The van der Waals surface area contributed by atoms with E-state index >= 15 is 0 Å². The number of hydrogen-bond acceptors (Lipinski definition) is 5. The molecule has 1 aromatic rings. The van der Waals surface area contributed by atoms with E-state index in [1.165, 1.54) is 6.92 Å². The number of ether oxygens (including phenoxy) is 2. The van der Waals surface area contributed by atoms with Crippen LogP contribution in [0, 0.1) is 0 Å². The SMILES string of the molecule is CC(C)(C)OC(=O)N1[C@H](C(=O)OCc2ccccc2)CCC1(C)O. The molecule has 6 heteroatoms. The van der Waals surface area contributed by atoms with Gasteiger partial charge in [-0.2, -0.15) is 0 Å². The van der Waals surface area contributed by atoms with Crippen molar-refractivity contribution in [3.63, 3.8) is 0 Å². The van der Waals surface area contributed by atoms with Crippen LogP contribution >= 0.6 is 0 Å². The Morgan fingerprint density at radius 3 is 2.50 bits per heavy atom.